The zero-order valence-corrected chi connectivity index (χ0v) is 10.6. The van der Waals surface area contributed by atoms with E-state index in [0.717, 1.165) is 12.1 Å². The zero-order chi connectivity index (χ0) is 15.1. The van der Waals surface area contributed by atoms with Gasteiger partial charge in [0.1, 0.15) is 11.6 Å². The first-order valence-corrected chi connectivity index (χ1v) is 6.04. The van der Waals surface area contributed by atoms with Gasteiger partial charge in [-0.3, -0.25) is 4.79 Å². The van der Waals surface area contributed by atoms with Crippen molar-refractivity contribution in [1.82, 2.24) is 4.98 Å². The molecule has 3 N–H and O–H groups in total. The number of nitrogens with two attached hydrogens (primary N) is 1. The minimum atomic E-state index is -1.15. The molecule has 3 nitrogen and oxygen atoms in total. The third-order valence-electron chi connectivity index (χ3n) is 3.25. The van der Waals surface area contributed by atoms with Gasteiger partial charge in [0.05, 0.1) is 16.8 Å². The van der Waals surface area contributed by atoms with Crippen molar-refractivity contribution in [3.8, 4) is 0 Å². The van der Waals surface area contributed by atoms with Gasteiger partial charge in [-0.2, -0.15) is 0 Å². The van der Waals surface area contributed by atoms with Gasteiger partial charge < -0.3 is 10.7 Å². The smallest absolute Gasteiger partial charge is 0.201 e. The number of rotatable bonds is 2. The van der Waals surface area contributed by atoms with Crippen LogP contribution in [0.5, 0.6) is 0 Å². The third kappa shape index (κ3) is 1.96. The van der Waals surface area contributed by atoms with Crippen molar-refractivity contribution in [1.29, 1.82) is 0 Å². The summed E-state index contributed by atoms with van der Waals surface area (Å²) in [5.74, 6) is -3.81. The normalized spacial score (nSPS) is 11.0. The van der Waals surface area contributed by atoms with E-state index in [4.69, 9.17) is 5.73 Å². The summed E-state index contributed by atoms with van der Waals surface area (Å²) in [4.78, 5) is 15.0. The molecule has 0 aliphatic carbocycles. The molecule has 0 aliphatic heterocycles. The molecule has 2 aromatic carbocycles. The van der Waals surface area contributed by atoms with E-state index in [0.29, 0.717) is 5.52 Å². The summed E-state index contributed by atoms with van der Waals surface area (Å²) in [6, 6.07) is 6.11. The van der Waals surface area contributed by atoms with Gasteiger partial charge in [-0.15, -0.1) is 0 Å². The number of carbonyl (C=O) groups excluding carboxylic acids is 1. The number of aromatic amines is 1. The van der Waals surface area contributed by atoms with E-state index in [9.17, 15) is 18.0 Å². The van der Waals surface area contributed by atoms with Crippen molar-refractivity contribution < 1.29 is 18.0 Å². The number of benzene rings is 2. The summed E-state index contributed by atoms with van der Waals surface area (Å²) in [5, 5.41) is -0.0104. The Hall–Kier alpha value is -2.76. The number of anilines is 1. The van der Waals surface area contributed by atoms with Gasteiger partial charge in [0.15, 0.2) is 5.82 Å². The molecule has 0 unspecified atom stereocenters. The minimum absolute atomic E-state index is 0.0104. The Balaban J connectivity index is 2.25. The molecule has 3 aromatic rings. The second-order valence-electron chi connectivity index (χ2n) is 4.52. The molecule has 21 heavy (non-hydrogen) atoms. The van der Waals surface area contributed by atoms with Crippen molar-refractivity contribution in [2.75, 3.05) is 5.73 Å². The summed E-state index contributed by atoms with van der Waals surface area (Å²) < 4.78 is 41.5. The fourth-order valence-corrected chi connectivity index (χ4v) is 2.23. The van der Waals surface area contributed by atoms with Gasteiger partial charge in [-0.25, -0.2) is 13.2 Å². The molecule has 1 heterocycles. The van der Waals surface area contributed by atoms with E-state index in [1.54, 1.807) is 6.07 Å². The first-order valence-electron chi connectivity index (χ1n) is 6.04. The average molecular weight is 290 g/mol. The highest BCUT2D eigenvalue weighted by Crippen LogP contribution is 2.27. The van der Waals surface area contributed by atoms with Crippen molar-refractivity contribution in [2.24, 2.45) is 0 Å². The molecule has 0 saturated heterocycles. The van der Waals surface area contributed by atoms with Gasteiger partial charge in [-0.1, -0.05) is 6.07 Å². The summed E-state index contributed by atoms with van der Waals surface area (Å²) in [7, 11) is 0. The van der Waals surface area contributed by atoms with Crippen molar-refractivity contribution in [2.45, 2.75) is 0 Å². The predicted molar refractivity (Wildman–Crippen MR) is 72.5 cm³/mol. The molecule has 6 heteroatoms. The van der Waals surface area contributed by atoms with Gasteiger partial charge in [0.25, 0.3) is 0 Å². The Morgan fingerprint density at radius 2 is 1.81 bits per heavy atom. The topological polar surface area (TPSA) is 58.9 Å². The molecule has 0 saturated carbocycles. The number of fused-ring (bicyclic) bond motifs is 1. The maximum atomic E-state index is 13.9. The Kier molecular flexibility index (Phi) is 2.94. The molecule has 1 aromatic heterocycles. The van der Waals surface area contributed by atoms with Crippen LogP contribution in [0.25, 0.3) is 10.9 Å². The Labute approximate surface area is 117 Å². The predicted octanol–water partition coefficient (Wildman–Crippen LogP) is 3.40. The van der Waals surface area contributed by atoms with Gasteiger partial charge in [0, 0.05) is 17.1 Å². The summed E-state index contributed by atoms with van der Waals surface area (Å²) in [6.07, 6.45) is 1.22. The standard InChI is InChI=1S/C15H9F3N2O/c16-8-2-1-3-11-12(8)7(6-20-11)15(21)13-9(17)4-5-10(19)14(13)18/h1-6,20H,19H2. The second kappa shape index (κ2) is 4.66. The van der Waals surface area contributed by atoms with E-state index < -0.39 is 28.8 Å². The van der Waals surface area contributed by atoms with E-state index >= 15 is 0 Å². The van der Waals surface area contributed by atoms with E-state index in [1.165, 1.54) is 18.3 Å². The van der Waals surface area contributed by atoms with Gasteiger partial charge >= 0.3 is 0 Å². The lowest BCUT2D eigenvalue weighted by atomic mass is 10.0. The van der Waals surface area contributed by atoms with Crippen LogP contribution in [0.3, 0.4) is 0 Å². The Morgan fingerprint density at radius 3 is 2.57 bits per heavy atom. The lowest BCUT2D eigenvalue weighted by molar-refractivity contribution is 0.103. The number of hydrogen-bond acceptors (Lipinski definition) is 2. The summed E-state index contributed by atoms with van der Waals surface area (Å²) >= 11 is 0. The number of halogens is 3. The van der Waals surface area contributed by atoms with E-state index in [-0.39, 0.29) is 16.6 Å². The minimum Gasteiger partial charge on any atom is -0.396 e. The molecule has 0 fully saturated rings. The monoisotopic (exact) mass is 290 g/mol. The molecule has 0 atom stereocenters. The van der Waals surface area contributed by atoms with Crippen molar-refractivity contribution >= 4 is 22.4 Å². The molecule has 0 aliphatic rings. The maximum Gasteiger partial charge on any atom is 0.201 e. The molecule has 0 bridgehead atoms. The number of H-pyrrole nitrogens is 1. The summed E-state index contributed by atoms with van der Waals surface area (Å²) in [5.41, 5.74) is 4.43. The molecule has 0 amide bonds. The Morgan fingerprint density at radius 1 is 1.05 bits per heavy atom. The SMILES string of the molecule is Nc1ccc(F)c(C(=O)c2c[nH]c3cccc(F)c23)c1F. The molecule has 3 rings (SSSR count). The molecule has 0 spiro atoms. The van der Waals surface area contributed by atoms with Crippen LogP contribution in [0.1, 0.15) is 15.9 Å². The van der Waals surface area contributed by atoms with Gasteiger partial charge in [-0.05, 0) is 24.3 Å². The van der Waals surface area contributed by atoms with Crippen LogP contribution in [0.4, 0.5) is 18.9 Å². The van der Waals surface area contributed by atoms with Crippen molar-refractivity contribution in [3.05, 3.63) is 65.1 Å². The van der Waals surface area contributed by atoms with Crippen LogP contribution in [0, 0.1) is 17.5 Å². The Bertz CT molecular complexity index is 871. The number of aromatic nitrogens is 1. The second-order valence-corrected chi connectivity index (χ2v) is 4.52. The van der Waals surface area contributed by atoms with Crippen LogP contribution >= 0.6 is 0 Å². The van der Waals surface area contributed by atoms with Crippen LogP contribution in [0.15, 0.2) is 36.5 Å². The molecule has 106 valence electrons. The lowest BCUT2D eigenvalue weighted by Gasteiger charge is -2.06. The number of nitrogen functional groups attached to an aromatic ring is 1. The fraction of sp³-hybridized carbons (Fsp3) is 0. The largest absolute Gasteiger partial charge is 0.396 e. The first kappa shape index (κ1) is 13.2. The average Bonchev–Trinajstić information content (AvgIpc) is 2.88. The zero-order valence-electron chi connectivity index (χ0n) is 10.6. The maximum absolute atomic E-state index is 13.9. The van der Waals surface area contributed by atoms with E-state index in [1.807, 2.05) is 0 Å². The first-order chi connectivity index (χ1) is 10.0. The molecular formula is C15H9F3N2O. The fourth-order valence-electron chi connectivity index (χ4n) is 2.23. The number of ketones is 1. The highest BCUT2D eigenvalue weighted by Gasteiger charge is 2.24. The number of carbonyl (C=O) groups is 1. The summed E-state index contributed by atoms with van der Waals surface area (Å²) in [6.45, 7) is 0. The highest BCUT2D eigenvalue weighted by atomic mass is 19.1. The quantitative estimate of drug-likeness (QED) is 0.561. The van der Waals surface area contributed by atoms with Gasteiger partial charge in [0.2, 0.25) is 5.78 Å². The molecular weight excluding hydrogens is 281 g/mol. The van der Waals surface area contributed by atoms with E-state index in [2.05, 4.69) is 4.98 Å². The lowest BCUT2D eigenvalue weighted by Crippen LogP contribution is -2.09. The van der Waals surface area contributed by atoms with Crippen LogP contribution in [0.2, 0.25) is 0 Å². The van der Waals surface area contributed by atoms with Crippen LogP contribution < -0.4 is 5.73 Å². The van der Waals surface area contributed by atoms with Crippen LogP contribution in [-0.2, 0) is 0 Å². The molecule has 0 radical (unpaired) electrons. The van der Waals surface area contributed by atoms with Crippen molar-refractivity contribution in [3.63, 3.8) is 0 Å². The number of hydrogen-bond donors (Lipinski definition) is 2. The van der Waals surface area contributed by atoms with Crippen LogP contribution in [-0.4, -0.2) is 10.8 Å². The number of nitrogens with one attached hydrogen (secondary N) is 1. The highest BCUT2D eigenvalue weighted by molar-refractivity contribution is 6.17. The third-order valence-corrected chi connectivity index (χ3v) is 3.25.